The predicted octanol–water partition coefficient (Wildman–Crippen LogP) is 1.79. The molecule has 0 bridgehead atoms. The van der Waals surface area contributed by atoms with E-state index >= 15 is 0 Å². The normalized spacial score (nSPS) is 19.5. The van der Waals surface area contributed by atoms with E-state index in [4.69, 9.17) is 4.74 Å². The average molecular weight is 329 g/mol. The molecule has 0 radical (unpaired) electrons. The Hall–Kier alpha value is -2.21. The topological polar surface area (TPSA) is 84.1 Å². The minimum absolute atomic E-state index is 0.0155. The number of hydrogen-bond acceptors (Lipinski definition) is 4. The van der Waals surface area contributed by atoms with Crippen LogP contribution >= 0.6 is 0 Å². The molecule has 1 amide bonds. The van der Waals surface area contributed by atoms with Crippen LogP contribution in [0.1, 0.15) is 32.5 Å². The molecule has 0 unspecified atom stereocenters. The zero-order valence-corrected chi connectivity index (χ0v) is 14.1. The monoisotopic (exact) mass is 329 g/mol. The van der Waals surface area contributed by atoms with E-state index in [1.807, 2.05) is 18.2 Å². The van der Waals surface area contributed by atoms with E-state index in [0.29, 0.717) is 49.2 Å². The number of hydrogen-bond donors (Lipinski definition) is 2. The molecule has 128 valence electrons. The molecule has 1 atom stereocenters. The van der Waals surface area contributed by atoms with E-state index in [1.54, 1.807) is 6.07 Å². The Balaban J connectivity index is 1.55. The zero-order valence-electron chi connectivity index (χ0n) is 14.1. The Bertz CT molecular complexity index is 797. The molecule has 1 fully saturated rings. The van der Waals surface area contributed by atoms with Crippen molar-refractivity contribution in [3.63, 3.8) is 0 Å². The highest BCUT2D eigenvalue weighted by atomic mass is 16.5. The molecule has 1 saturated heterocycles. The van der Waals surface area contributed by atoms with Gasteiger partial charge < -0.3 is 15.0 Å². The van der Waals surface area contributed by atoms with Crippen LogP contribution in [-0.4, -0.2) is 35.1 Å². The molecule has 1 aromatic heterocycles. The number of H-pyrrole nitrogens is 1. The number of para-hydroxylation sites is 1. The highest BCUT2D eigenvalue weighted by Gasteiger charge is 2.36. The first-order valence-corrected chi connectivity index (χ1v) is 8.31. The molecule has 2 heterocycles. The van der Waals surface area contributed by atoms with Crippen LogP contribution in [0.5, 0.6) is 0 Å². The summed E-state index contributed by atoms with van der Waals surface area (Å²) in [7, 11) is 0. The molecule has 24 heavy (non-hydrogen) atoms. The largest absolute Gasteiger partial charge is 0.379 e. The number of aromatic amines is 1. The van der Waals surface area contributed by atoms with E-state index < -0.39 is 0 Å². The molecule has 1 aliphatic heterocycles. The van der Waals surface area contributed by atoms with Crippen LogP contribution in [0.4, 0.5) is 0 Å². The van der Waals surface area contributed by atoms with Crippen LogP contribution in [-0.2, 0) is 16.0 Å². The first-order chi connectivity index (χ1) is 11.5. The van der Waals surface area contributed by atoms with Gasteiger partial charge in [0.25, 0.3) is 5.56 Å². The van der Waals surface area contributed by atoms with Gasteiger partial charge in [-0.1, -0.05) is 26.0 Å². The van der Waals surface area contributed by atoms with E-state index in [1.165, 1.54) is 0 Å². The summed E-state index contributed by atoms with van der Waals surface area (Å²) < 4.78 is 5.44. The molecular weight excluding hydrogens is 306 g/mol. The van der Waals surface area contributed by atoms with Crippen molar-refractivity contribution in [2.75, 3.05) is 13.2 Å². The summed E-state index contributed by atoms with van der Waals surface area (Å²) >= 11 is 0. The van der Waals surface area contributed by atoms with Crippen molar-refractivity contribution in [1.29, 1.82) is 0 Å². The molecule has 1 aromatic carbocycles. The summed E-state index contributed by atoms with van der Waals surface area (Å²) in [6.07, 6.45) is 1.61. The minimum atomic E-state index is -0.134. The molecule has 2 N–H and O–H groups in total. The summed E-state index contributed by atoms with van der Waals surface area (Å²) in [6, 6.07) is 7.31. The smallest absolute Gasteiger partial charge is 0.258 e. The number of rotatable bonds is 5. The van der Waals surface area contributed by atoms with E-state index in [9.17, 15) is 9.59 Å². The van der Waals surface area contributed by atoms with Gasteiger partial charge in [-0.25, -0.2) is 4.98 Å². The summed E-state index contributed by atoms with van der Waals surface area (Å²) in [5.74, 6) is 0.637. The second-order valence-corrected chi connectivity index (χ2v) is 7.01. The van der Waals surface area contributed by atoms with Gasteiger partial charge in [0.05, 0.1) is 30.2 Å². The number of aryl methyl sites for hydroxylation is 1. The average Bonchev–Trinajstić information content (AvgIpc) is 2.86. The number of nitrogens with zero attached hydrogens (tertiary/aromatic N) is 1. The summed E-state index contributed by atoms with van der Waals surface area (Å²) in [6.45, 7) is 5.42. The SMILES string of the molecule is CC1(C)COC[C@H]1NC(=O)CCCc1nc2ccccc2c(=O)[nH]1. The van der Waals surface area contributed by atoms with Gasteiger partial charge in [0.2, 0.25) is 5.91 Å². The summed E-state index contributed by atoms with van der Waals surface area (Å²) in [4.78, 5) is 31.4. The Morgan fingerprint density at radius 3 is 2.96 bits per heavy atom. The van der Waals surface area contributed by atoms with Crippen LogP contribution in [0.3, 0.4) is 0 Å². The Labute approximate surface area is 140 Å². The van der Waals surface area contributed by atoms with Crippen molar-refractivity contribution in [1.82, 2.24) is 15.3 Å². The van der Waals surface area contributed by atoms with Gasteiger partial charge in [-0.2, -0.15) is 0 Å². The second kappa shape index (κ2) is 6.73. The third-order valence-corrected chi connectivity index (χ3v) is 4.52. The fourth-order valence-corrected chi connectivity index (χ4v) is 2.94. The Kier molecular flexibility index (Phi) is 4.66. The number of amides is 1. The zero-order chi connectivity index (χ0) is 17.2. The van der Waals surface area contributed by atoms with Gasteiger partial charge in [-0.15, -0.1) is 0 Å². The molecule has 3 rings (SSSR count). The Morgan fingerprint density at radius 2 is 2.21 bits per heavy atom. The molecule has 1 aliphatic rings. The van der Waals surface area contributed by atoms with E-state index in [-0.39, 0.29) is 22.9 Å². The third kappa shape index (κ3) is 3.64. The van der Waals surface area contributed by atoms with Crippen LogP contribution in [0.15, 0.2) is 29.1 Å². The predicted molar refractivity (Wildman–Crippen MR) is 91.8 cm³/mol. The maximum Gasteiger partial charge on any atom is 0.258 e. The molecule has 0 aliphatic carbocycles. The summed E-state index contributed by atoms with van der Waals surface area (Å²) in [5.41, 5.74) is 0.524. The lowest BCUT2D eigenvalue weighted by atomic mass is 9.88. The lowest BCUT2D eigenvalue weighted by Gasteiger charge is -2.25. The highest BCUT2D eigenvalue weighted by Crippen LogP contribution is 2.27. The number of fused-ring (bicyclic) bond motifs is 1. The quantitative estimate of drug-likeness (QED) is 0.876. The van der Waals surface area contributed by atoms with Gasteiger partial charge in [-0.3, -0.25) is 9.59 Å². The highest BCUT2D eigenvalue weighted by molar-refractivity contribution is 5.77. The lowest BCUT2D eigenvalue weighted by Crippen LogP contribution is -2.44. The van der Waals surface area contributed by atoms with E-state index in [2.05, 4.69) is 29.1 Å². The van der Waals surface area contributed by atoms with Crippen LogP contribution < -0.4 is 10.9 Å². The van der Waals surface area contributed by atoms with Crippen LogP contribution in [0, 0.1) is 5.41 Å². The fraction of sp³-hybridized carbons (Fsp3) is 0.500. The third-order valence-electron chi connectivity index (χ3n) is 4.52. The second-order valence-electron chi connectivity index (χ2n) is 7.01. The maximum atomic E-state index is 12.1. The van der Waals surface area contributed by atoms with Crippen LogP contribution in [0.25, 0.3) is 10.9 Å². The molecular formula is C18H23N3O3. The number of ether oxygens (including phenoxy) is 1. The first kappa shape index (κ1) is 16.6. The number of nitrogens with one attached hydrogen (secondary N) is 2. The van der Waals surface area contributed by atoms with Gasteiger partial charge in [-0.05, 0) is 18.6 Å². The minimum Gasteiger partial charge on any atom is -0.379 e. The number of carbonyl (C=O) groups is 1. The van der Waals surface area contributed by atoms with Gasteiger partial charge >= 0.3 is 0 Å². The lowest BCUT2D eigenvalue weighted by molar-refractivity contribution is -0.122. The molecule has 0 spiro atoms. The van der Waals surface area contributed by atoms with Crippen LogP contribution in [0.2, 0.25) is 0 Å². The fourth-order valence-electron chi connectivity index (χ4n) is 2.94. The van der Waals surface area contributed by atoms with Gasteiger partial charge in [0, 0.05) is 18.3 Å². The van der Waals surface area contributed by atoms with Gasteiger partial charge in [0.1, 0.15) is 5.82 Å². The maximum absolute atomic E-state index is 12.1. The van der Waals surface area contributed by atoms with Crippen molar-refractivity contribution in [3.05, 3.63) is 40.4 Å². The van der Waals surface area contributed by atoms with Crippen molar-refractivity contribution < 1.29 is 9.53 Å². The summed E-state index contributed by atoms with van der Waals surface area (Å²) in [5, 5.41) is 3.63. The van der Waals surface area contributed by atoms with Crippen molar-refractivity contribution >= 4 is 16.8 Å². The molecule has 6 heteroatoms. The molecule has 6 nitrogen and oxygen atoms in total. The van der Waals surface area contributed by atoms with Crippen molar-refractivity contribution in [2.45, 2.75) is 39.2 Å². The molecule has 2 aromatic rings. The number of benzene rings is 1. The van der Waals surface area contributed by atoms with E-state index in [0.717, 1.165) is 0 Å². The van der Waals surface area contributed by atoms with Gasteiger partial charge in [0.15, 0.2) is 0 Å². The van der Waals surface area contributed by atoms with Crippen molar-refractivity contribution in [2.24, 2.45) is 5.41 Å². The Morgan fingerprint density at radius 1 is 1.42 bits per heavy atom. The first-order valence-electron chi connectivity index (χ1n) is 8.31. The number of carbonyl (C=O) groups excluding carboxylic acids is 1. The van der Waals surface area contributed by atoms with Crippen molar-refractivity contribution in [3.8, 4) is 0 Å². The number of aromatic nitrogens is 2. The standard InChI is InChI=1S/C18H23N3O3/c1-18(2)11-24-10-14(18)20-16(22)9-5-8-15-19-13-7-4-3-6-12(13)17(23)21-15/h3-4,6-7,14H,5,8-11H2,1-2H3,(H,20,22)(H,19,21,23)/t14-/m1/s1. The molecule has 0 saturated carbocycles.